The highest BCUT2D eigenvalue weighted by Gasteiger charge is 2.19. The standard InChI is InChI=1S/C13H14ClNO3S/c1-9-13(10(2)18-15-9)8-19(16,17)7-11-3-5-12(14)6-4-11/h3-6H,7-8H2,1-2H3. The third kappa shape index (κ3) is 3.58. The first-order chi connectivity index (χ1) is 8.87. The Hall–Kier alpha value is -1.33. The number of halogens is 1. The van der Waals surface area contributed by atoms with Crippen molar-refractivity contribution in [1.82, 2.24) is 5.16 Å². The van der Waals surface area contributed by atoms with E-state index in [9.17, 15) is 8.42 Å². The second-order valence-electron chi connectivity index (χ2n) is 4.46. The Morgan fingerprint density at radius 1 is 1.16 bits per heavy atom. The average molecular weight is 300 g/mol. The van der Waals surface area contributed by atoms with Crippen molar-refractivity contribution in [1.29, 1.82) is 0 Å². The molecule has 0 radical (unpaired) electrons. The number of rotatable bonds is 4. The van der Waals surface area contributed by atoms with Gasteiger partial charge in [-0.25, -0.2) is 8.42 Å². The average Bonchev–Trinajstić information content (AvgIpc) is 2.63. The third-order valence-electron chi connectivity index (χ3n) is 2.85. The minimum atomic E-state index is -3.26. The van der Waals surface area contributed by atoms with Crippen molar-refractivity contribution in [2.45, 2.75) is 25.4 Å². The predicted octanol–water partition coefficient (Wildman–Crippen LogP) is 3.06. The fourth-order valence-electron chi connectivity index (χ4n) is 1.81. The van der Waals surface area contributed by atoms with E-state index >= 15 is 0 Å². The summed E-state index contributed by atoms with van der Waals surface area (Å²) in [7, 11) is -3.26. The summed E-state index contributed by atoms with van der Waals surface area (Å²) in [4.78, 5) is 0. The van der Waals surface area contributed by atoms with E-state index in [0.717, 1.165) is 5.56 Å². The smallest absolute Gasteiger partial charge is 0.158 e. The first kappa shape index (κ1) is 14.1. The molecule has 102 valence electrons. The topological polar surface area (TPSA) is 60.2 Å². The van der Waals surface area contributed by atoms with E-state index in [1.54, 1.807) is 38.1 Å². The first-order valence-corrected chi connectivity index (χ1v) is 7.94. The van der Waals surface area contributed by atoms with Crippen molar-refractivity contribution in [2.75, 3.05) is 0 Å². The lowest BCUT2D eigenvalue weighted by molar-refractivity contribution is 0.392. The number of aromatic nitrogens is 1. The van der Waals surface area contributed by atoms with Crippen LogP contribution >= 0.6 is 11.6 Å². The molecule has 1 aromatic carbocycles. The summed E-state index contributed by atoms with van der Waals surface area (Å²) < 4.78 is 29.3. The van der Waals surface area contributed by atoms with E-state index in [-0.39, 0.29) is 11.5 Å². The largest absolute Gasteiger partial charge is 0.361 e. The third-order valence-corrected chi connectivity index (χ3v) is 4.60. The molecule has 0 amide bonds. The zero-order chi connectivity index (χ0) is 14.0. The molecule has 0 saturated carbocycles. The molecule has 0 aliphatic carbocycles. The molecule has 0 spiro atoms. The Balaban J connectivity index is 2.17. The summed E-state index contributed by atoms with van der Waals surface area (Å²) in [6.45, 7) is 3.46. The lowest BCUT2D eigenvalue weighted by Crippen LogP contribution is -2.08. The van der Waals surface area contributed by atoms with Gasteiger partial charge < -0.3 is 4.52 Å². The number of sulfone groups is 1. The summed E-state index contributed by atoms with van der Waals surface area (Å²) >= 11 is 5.77. The first-order valence-electron chi connectivity index (χ1n) is 5.74. The summed E-state index contributed by atoms with van der Waals surface area (Å²) in [6.07, 6.45) is 0. The van der Waals surface area contributed by atoms with Gasteiger partial charge in [0.2, 0.25) is 0 Å². The Kier molecular flexibility index (Phi) is 3.96. The molecule has 19 heavy (non-hydrogen) atoms. The highest BCUT2D eigenvalue weighted by atomic mass is 35.5. The van der Waals surface area contributed by atoms with Gasteiger partial charge >= 0.3 is 0 Å². The van der Waals surface area contributed by atoms with Gasteiger partial charge in [-0.3, -0.25) is 0 Å². The van der Waals surface area contributed by atoms with Crippen LogP contribution in [0.15, 0.2) is 28.8 Å². The maximum Gasteiger partial charge on any atom is 0.158 e. The minimum absolute atomic E-state index is 0.0196. The van der Waals surface area contributed by atoms with Crippen LogP contribution in [0.4, 0.5) is 0 Å². The van der Waals surface area contributed by atoms with Crippen LogP contribution in [0.25, 0.3) is 0 Å². The lowest BCUT2D eigenvalue weighted by atomic mass is 10.2. The Labute approximate surface area is 117 Å². The molecule has 0 bridgehead atoms. The zero-order valence-corrected chi connectivity index (χ0v) is 12.3. The lowest BCUT2D eigenvalue weighted by Gasteiger charge is -2.04. The molecule has 0 aliphatic heterocycles. The van der Waals surface area contributed by atoms with Crippen LogP contribution in [-0.2, 0) is 21.3 Å². The molecule has 2 rings (SSSR count). The summed E-state index contributed by atoms with van der Waals surface area (Å²) in [6, 6.07) is 6.80. The molecule has 0 saturated heterocycles. The molecule has 0 N–H and O–H groups in total. The van der Waals surface area contributed by atoms with Gasteiger partial charge in [-0.05, 0) is 31.5 Å². The van der Waals surface area contributed by atoms with Gasteiger partial charge in [0.15, 0.2) is 9.84 Å². The van der Waals surface area contributed by atoms with Crippen molar-refractivity contribution in [2.24, 2.45) is 0 Å². The van der Waals surface area contributed by atoms with Gasteiger partial charge in [0.1, 0.15) is 5.76 Å². The fourth-order valence-corrected chi connectivity index (χ4v) is 3.59. The number of hydrogen-bond donors (Lipinski definition) is 0. The molecule has 1 aromatic heterocycles. The molecule has 0 aliphatic rings. The van der Waals surface area contributed by atoms with Crippen LogP contribution in [0.2, 0.25) is 5.02 Å². The Bertz CT molecular complexity index is 655. The Morgan fingerprint density at radius 3 is 2.32 bits per heavy atom. The summed E-state index contributed by atoms with van der Waals surface area (Å²) in [5.41, 5.74) is 1.99. The van der Waals surface area contributed by atoms with Crippen LogP contribution in [0.3, 0.4) is 0 Å². The van der Waals surface area contributed by atoms with Crippen LogP contribution in [0, 0.1) is 13.8 Å². The molecule has 1 heterocycles. The van der Waals surface area contributed by atoms with Crippen LogP contribution in [-0.4, -0.2) is 13.6 Å². The zero-order valence-electron chi connectivity index (χ0n) is 10.7. The minimum Gasteiger partial charge on any atom is -0.361 e. The van der Waals surface area contributed by atoms with Gasteiger partial charge in [-0.15, -0.1) is 0 Å². The molecule has 2 aromatic rings. The predicted molar refractivity (Wildman–Crippen MR) is 73.8 cm³/mol. The van der Waals surface area contributed by atoms with E-state index in [1.165, 1.54) is 0 Å². The maximum atomic E-state index is 12.2. The maximum absolute atomic E-state index is 12.2. The fraction of sp³-hybridized carbons (Fsp3) is 0.308. The monoisotopic (exact) mass is 299 g/mol. The van der Waals surface area contributed by atoms with E-state index in [1.807, 2.05) is 0 Å². The van der Waals surface area contributed by atoms with Crippen molar-refractivity contribution < 1.29 is 12.9 Å². The highest BCUT2D eigenvalue weighted by Crippen LogP contribution is 2.19. The molecule has 0 fully saturated rings. The second-order valence-corrected chi connectivity index (χ2v) is 6.96. The normalized spacial score (nSPS) is 11.7. The summed E-state index contributed by atoms with van der Waals surface area (Å²) in [5.74, 6) is 0.475. The highest BCUT2D eigenvalue weighted by molar-refractivity contribution is 7.89. The SMILES string of the molecule is Cc1noc(C)c1CS(=O)(=O)Cc1ccc(Cl)cc1. The van der Waals surface area contributed by atoms with Crippen molar-refractivity contribution >= 4 is 21.4 Å². The van der Waals surface area contributed by atoms with E-state index in [4.69, 9.17) is 16.1 Å². The van der Waals surface area contributed by atoms with Gasteiger partial charge in [0, 0.05) is 10.6 Å². The van der Waals surface area contributed by atoms with Gasteiger partial charge in [-0.1, -0.05) is 28.9 Å². The molecule has 0 unspecified atom stereocenters. The van der Waals surface area contributed by atoms with Gasteiger partial charge in [-0.2, -0.15) is 0 Å². The van der Waals surface area contributed by atoms with Gasteiger partial charge in [0.25, 0.3) is 0 Å². The van der Waals surface area contributed by atoms with Crippen molar-refractivity contribution in [3.8, 4) is 0 Å². The van der Waals surface area contributed by atoms with Crippen LogP contribution in [0.1, 0.15) is 22.6 Å². The molecule has 6 heteroatoms. The number of nitrogens with zero attached hydrogens (tertiary/aromatic N) is 1. The Morgan fingerprint density at radius 2 is 1.79 bits per heavy atom. The molecule has 4 nitrogen and oxygen atoms in total. The van der Waals surface area contributed by atoms with Gasteiger partial charge in [0.05, 0.1) is 17.2 Å². The van der Waals surface area contributed by atoms with Crippen LogP contribution < -0.4 is 0 Å². The molecular formula is C13H14ClNO3S. The summed E-state index contributed by atoms with van der Waals surface area (Å²) in [5, 5.41) is 4.35. The number of hydrogen-bond acceptors (Lipinski definition) is 4. The number of aryl methyl sites for hydroxylation is 2. The molecular weight excluding hydrogens is 286 g/mol. The number of benzene rings is 1. The molecule has 0 atom stereocenters. The van der Waals surface area contributed by atoms with Crippen LogP contribution in [0.5, 0.6) is 0 Å². The van der Waals surface area contributed by atoms with E-state index in [2.05, 4.69) is 5.16 Å². The van der Waals surface area contributed by atoms with Crippen molar-refractivity contribution in [3.63, 3.8) is 0 Å². The van der Waals surface area contributed by atoms with Crippen molar-refractivity contribution in [3.05, 3.63) is 51.9 Å². The quantitative estimate of drug-likeness (QED) is 0.870. The van der Waals surface area contributed by atoms with E-state index < -0.39 is 9.84 Å². The second kappa shape index (κ2) is 5.35. The van der Waals surface area contributed by atoms with E-state index in [0.29, 0.717) is 22.0 Å².